The summed E-state index contributed by atoms with van der Waals surface area (Å²) in [7, 11) is 0. The Kier molecular flexibility index (Phi) is 5.60. The second-order valence-corrected chi connectivity index (χ2v) is 5.79. The minimum atomic E-state index is -0.486. The van der Waals surface area contributed by atoms with Crippen molar-refractivity contribution in [1.29, 1.82) is 5.26 Å². The van der Waals surface area contributed by atoms with Crippen LogP contribution in [-0.2, 0) is 6.61 Å². The molecule has 0 bridgehead atoms. The van der Waals surface area contributed by atoms with Gasteiger partial charge in [0.1, 0.15) is 18.4 Å². The number of hydrogen-bond donors (Lipinski definition) is 0. The number of benzene rings is 3. The highest BCUT2D eigenvalue weighted by Gasteiger charge is 2.16. The Hall–Kier alpha value is -3.91. The van der Waals surface area contributed by atoms with Crippen molar-refractivity contribution in [3.8, 4) is 11.8 Å². The van der Waals surface area contributed by atoms with Crippen LogP contribution in [0, 0.1) is 21.4 Å². The Balaban J connectivity index is 1.86. The van der Waals surface area contributed by atoms with Gasteiger partial charge in [-0.15, -0.1) is 0 Å². The molecule has 0 N–H and O–H groups in total. The van der Waals surface area contributed by atoms with Crippen LogP contribution in [0.15, 0.2) is 78.9 Å². The summed E-state index contributed by atoms with van der Waals surface area (Å²) in [6, 6.07) is 25.3. The van der Waals surface area contributed by atoms with Crippen LogP contribution in [0.3, 0.4) is 0 Å². The smallest absolute Gasteiger partial charge is 0.277 e. The quantitative estimate of drug-likeness (QED) is 0.262. The number of para-hydroxylation sites is 1. The largest absolute Gasteiger partial charge is 0.489 e. The summed E-state index contributed by atoms with van der Waals surface area (Å²) >= 11 is 0. The standard InChI is InChI=1S/C22H16N2O3/c23-15-19(21-11-4-5-12-22(21)24(25)26)13-18-9-6-10-20(14-18)27-16-17-7-2-1-3-8-17/h1-14H,16H2/b19-13-. The number of rotatable bonds is 6. The monoisotopic (exact) mass is 356 g/mol. The molecule has 0 heterocycles. The Morgan fingerprint density at radius 3 is 2.52 bits per heavy atom. The Labute approximate surface area is 156 Å². The molecule has 132 valence electrons. The number of ether oxygens (including phenoxy) is 1. The molecule has 0 aromatic heterocycles. The van der Waals surface area contributed by atoms with E-state index in [1.807, 2.05) is 48.5 Å². The number of nitrogens with zero attached hydrogens (tertiary/aromatic N) is 2. The normalized spacial score (nSPS) is 10.9. The van der Waals surface area contributed by atoms with Gasteiger partial charge >= 0.3 is 0 Å². The van der Waals surface area contributed by atoms with E-state index >= 15 is 0 Å². The van der Waals surface area contributed by atoms with Gasteiger partial charge in [-0.3, -0.25) is 10.1 Å². The zero-order valence-corrected chi connectivity index (χ0v) is 14.4. The predicted octanol–water partition coefficient (Wildman–Crippen LogP) is 5.24. The Morgan fingerprint density at radius 2 is 1.78 bits per heavy atom. The van der Waals surface area contributed by atoms with Crippen LogP contribution in [0.4, 0.5) is 5.69 Å². The Bertz CT molecular complexity index is 1020. The van der Waals surface area contributed by atoms with Crippen molar-refractivity contribution in [3.05, 3.63) is 106 Å². The fourth-order valence-electron chi connectivity index (χ4n) is 2.63. The van der Waals surface area contributed by atoms with Crippen LogP contribution in [0.25, 0.3) is 11.6 Å². The maximum absolute atomic E-state index is 11.2. The van der Waals surface area contributed by atoms with Gasteiger partial charge in [-0.05, 0) is 35.4 Å². The van der Waals surface area contributed by atoms with Crippen molar-refractivity contribution >= 4 is 17.3 Å². The lowest BCUT2D eigenvalue weighted by Gasteiger charge is -2.07. The number of nitro benzene ring substituents is 1. The van der Waals surface area contributed by atoms with E-state index in [2.05, 4.69) is 6.07 Å². The fourth-order valence-corrected chi connectivity index (χ4v) is 2.63. The molecule has 0 radical (unpaired) electrons. The summed E-state index contributed by atoms with van der Waals surface area (Å²) in [4.78, 5) is 10.7. The lowest BCUT2D eigenvalue weighted by molar-refractivity contribution is -0.385. The lowest BCUT2D eigenvalue weighted by Crippen LogP contribution is -1.95. The van der Waals surface area contributed by atoms with Crippen molar-refractivity contribution in [2.24, 2.45) is 0 Å². The van der Waals surface area contributed by atoms with E-state index in [-0.39, 0.29) is 11.3 Å². The zero-order valence-electron chi connectivity index (χ0n) is 14.4. The highest BCUT2D eigenvalue weighted by molar-refractivity contribution is 5.92. The van der Waals surface area contributed by atoms with Gasteiger partial charge in [0, 0.05) is 6.07 Å². The third-order valence-corrected chi connectivity index (χ3v) is 3.93. The molecule has 5 heteroatoms. The van der Waals surface area contributed by atoms with Gasteiger partial charge in [-0.1, -0.05) is 54.6 Å². The third kappa shape index (κ3) is 4.59. The molecule has 0 saturated heterocycles. The lowest BCUT2D eigenvalue weighted by atomic mass is 10.0. The second kappa shape index (κ2) is 8.45. The molecular formula is C22H16N2O3. The molecule has 0 fully saturated rings. The summed E-state index contributed by atoms with van der Waals surface area (Å²) in [5.74, 6) is 0.660. The Morgan fingerprint density at radius 1 is 1.04 bits per heavy atom. The molecule has 0 unspecified atom stereocenters. The van der Waals surface area contributed by atoms with E-state index in [0.29, 0.717) is 17.9 Å². The number of nitriles is 1. The SMILES string of the molecule is N#C/C(=C/c1cccc(OCc2ccccc2)c1)c1ccccc1[N+](=O)[O-]. The van der Waals surface area contributed by atoms with Gasteiger partial charge in [0.05, 0.1) is 16.1 Å². The van der Waals surface area contributed by atoms with E-state index < -0.39 is 4.92 Å². The summed E-state index contributed by atoms with van der Waals surface area (Å²) in [6.07, 6.45) is 1.62. The zero-order chi connectivity index (χ0) is 19.1. The minimum absolute atomic E-state index is 0.0956. The van der Waals surface area contributed by atoms with Crippen LogP contribution in [0.5, 0.6) is 5.75 Å². The van der Waals surface area contributed by atoms with E-state index in [1.54, 1.807) is 30.3 Å². The first-order valence-electron chi connectivity index (χ1n) is 8.30. The maximum Gasteiger partial charge on any atom is 0.277 e. The molecule has 3 aromatic carbocycles. The van der Waals surface area contributed by atoms with Gasteiger partial charge in [0.2, 0.25) is 0 Å². The van der Waals surface area contributed by atoms with Gasteiger partial charge in [-0.2, -0.15) is 5.26 Å². The highest BCUT2D eigenvalue weighted by Crippen LogP contribution is 2.27. The van der Waals surface area contributed by atoms with Gasteiger partial charge in [0.25, 0.3) is 5.69 Å². The molecule has 3 rings (SSSR count). The summed E-state index contributed by atoms with van der Waals surface area (Å²) < 4.78 is 5.80. The van der Waals surface area contributed by atoms with Crippen molar-refractivity contribution in [2.75, 3.05) is 0 Å². The molecule has 3 aromatic rings. The molecular weight excluding hydrogens is 340 g/mol. The molecule has 27 heavy (non-hydrogen) atoms. The molecule has 0 aliphatic carbocycles. The van der Waals surface area contributed by atoms with E-state index in [9.17, 15) is 15.4 Å². The van der Waals surface area contributed by atoms with Crippen LogP contribution in [-0.4, -0.2) is 4.92 Å². The van der Waals surface area contributed by atoms with Crippen molar-refractivity contribution in [3.63, 3.8) is 0 Å². The molecule has 0 aliphatic heterocycles. The molecule has 5 nitrogen and oxygen atoms in total. The second-order valence-electron chi connectivity index (χ2n) is 5.79. The van der Waals surface area contributed by atoms with Gasteiger partial charge in [0.15, 0.2) is 0 Å². The number of hydrogen-bond acceptors (Lipinski definition) is 4. The molecule has 0 amide bonds. The summed E-state index contributed by atoms with van der Waals surface area (Å²) in [6.45, 7) is 0.434. The number of allylic oxidation sites excluding steroid dienone is 1. The van der Waals surface area contributed by atoms with Crippen LogP contribution in [0.2, 0.25) is 0 Å². The van der Waals surface area contributed by atoms with Gasteiger partial charge in [-0.25, -0.2) is 0 Å². The first-order valence-corrected chi connectivity index (χ1v) is 8.30. The van der Waals surface area contributed by atoms with Crippen LogP contribution in [0.1, 0.15) is 16.7 Å². The maximum atomic E-state index is 11.2. The third-order valence-electron chi connectivity index (χ3n) is 3.93. The molecule has 0 atom stereocenters. The number of nitro groups is 1. The van der Waals surface area contributed by atoms with E-state index in [4.69, 9.17) is 4.74 Å². The topological polar surface area (TPSA) is 76.2 Å². The first kappa shape index (κ1) is 17.9. The average Bonchev–Trinajstić information content (AvgIpc) is 2.71. The highest BCUT2D eigenvalue weighted by atomic mass is 16.6. The van der Waals surface area contributed by atoms with Crippen LogP contribution < -0.4 is 4.74 Å². The first-order chi connectivity index (χ1) is 13.2. The van der Waals surface area contributed by atoms with Crippen molar-refractivity contribution < 1.29 is 9.66 Å². The summed E-state index contributed by atoms with van der Waals surface area (Å²) in [5.41, 5.74) is 2.20. The average molecular weight is 356 g/mol. The van der Waals surface area contributed by atoms with E-state index in [1.165, 1.54) is 6.07 Å². The predicted molar refractivity (Wildman–Crippen MR) is 104 cm³/mol. The van der Waals surface area contributed by atoms with Crippen molar-refractivity contribution in [1.82, 2.24) is 0 Å². The summed E-state index contributed by atoms with van der Waals surface area (Å²) in [5, 5.41) is 20.7. The molecule has 0 saturated carbocycles. The minimum Gasteiger partial charge on any atom is -0.489 e. The van der Waals surface area contributed by atoms with Crippen molar-refractivity contribution in [2.45, 2.75) is 6.61 Å². The van der Waals surface area contributed by atoms with Crippen LogP contribution >= 0.6 is 0 Å². The van der Waals surface area contributed by atoms with E-state index in [0.717, 1.165) is 11.1 Å². The fraction of sp³-hybridized carbons (Fsp3) is 0.0455. The van der Waals surface area contributed by atoms with Gasteiger partial charge < -0.3 is 4.74 Å². The molecule has 0 aliphatic rings. The molecule has 0 spiro atoms.